The number of nitrogens with zero attached hydrogens (tertiary/aromatic N) is 4. The standard InChI is InChI=1S/C14H17ClN4O/c1-4-12-13(15)6-5-10(2)14(12)19(11(3)20)9-18-7-16-17-8-18/h5-8H,4,9H2,1-3H3. The van der Waals surface area contributed by atoms with Crippen LogP contribution < -0.4 is 4.90 Å². The van der Waals surface area contributed by atoms with Gasteiger partial charge in [-0.2, -0.15) is 0 Å². The average molecular weight is 293 g/mol. The number of halogens is 1. The summed E-state index contributed by atoms with van der Waals surface area (Å²) in [7, 11) is 0. The summed E-state index contributed by atoms with van der Waals surface area (Å²) in [5.41, 5.74) is 2.88. The second-order valence-electron chi connectivity index (χ2n) is 4.61. The quantitative estimate of drug-likeness (QED) is 0.871. The lowest BCUT2D eigenvalue weighted by molar-refractivity contribution is -0.116. The first-order valence-corrected chi connectivity index (χ1v) is 6.80. The van der Waals surface area contributed by atoms with Crippen LogP contribution in [0, 0.1) is 6.92 Å². The molecule has 20 heavy (non-hydrogen) atoms. The molecule has 5 nitrogen and oxygen atoms in total. The van der Waals surface area contributed by atoms with E-state index in [2.05, 4.69) is 10.2 Å². The fraction of sp³-hybridized carbons (Fsp3) is 0.357. The van der Waals surface area contributed by atoms with Crippen LogP contribution in [0.4, 0.5) is 5.69 Å². The van der Waals surface area contributed by atoms with Gasteiger partial charge in [0.2, 0.25) is 5.91 Å². The first-order valence-electron chi connectivity index (χ1n) is 6.43. The molecule has 2 aromatic rings. The molecule has 1 aromatic carbocycles. The van der Waals surface area contributed by atoms with Gasteiger partial charge in [-0.1, -0.05) is 24.6 Å². The number of hydrogen-bond donors (Lipinski definition) is 0. The smallest absolute Gasteiger partial charge is 0.225 e. The molecule has 0 N–H and O–H groups in total. The summed E-state index contributed by atoms with van der Waals surface area (Å²) in [6.45, 7) is 5.93. The van der Waals surface area contributed by atoms with Crippen LogP contribution in [-0.2, 0) is 17.9 Å². The number of hydrogen-bond acceptors (Lipinski definition) is 3. The number of carbonyl (C=O) groups excluding carboxylic acids is 1. The minimum atomic E-state index is -0.0428. The van der Waals surface area contributed by atoms with Gasteiger partial charge in [-0.15, -0.1) is 10.2 Å². The molecule has 0 radical (unpaired) electrons. The predicted octanol–water partition coefficient (Wildman–Crippen LogP) is 2.81. The molecule has 0 aliphatic carbocycles. The molecule has 106 valence electrons. The van der Waals surface area contributed by atoms with E-state index in [4.69, 9.17) is 11.6 Å². The molecule has 0 spiro atoms. The topological polar surface area (TPSA) is 51.0 Å². The predicted molar refractivity (Wildman–Crippen MR) is 78.7 cm³/mol. The summed E-state index contributed by atoms with van der Waals surface area (Å²) in [6, 6.07) is 3.80. The highest BCUT2D eigenvalue weighted by atomic mass is 35.5. The lowest BCUT2D eigenvalue weighted by Gasteiger charge is -2.26. The number of anilines is 1. The maximum absolute atomic E-state index is 12.0. The van der Waals surface area contributed by atoms with Crippen LogP contribution in [0.15, 0.2) is 24.8 Å². The number of aryl methyl sites for hydroxylation is 1. The molecule has 6 heteroatoms. The normalized spacial score (nSPS) is 10.6. The van der Waals surface area contributed by atoms with Gasteiger partial charge in [-0.05, 0) is 30.5 Å². The van der Waals surface area contributed by atoms with E-state index in [1.807, 2.05) is 26.0 Å². The summed E-state index contributed by atoms with van der Waals surface area (Å²) < 4.78 is 1.75. The van der Waals surface area contributed by atoms with E-state index in [0.717, 1.165) is 23.2 Å². The first-order chi connectivity index (χ1) is 9.54. The molecule has 0 saturated carbocycles. The summed E-state index contributed by atoms with van der Waals surface area (Å²) in [4.78, 5) is 13.7. The molecule has 0 atom stereocenters. The average Bonchev–Trinajstić information content (AvgIpc) is 2.91. The van der Waals surface area contributed by atoms with Gasteiger partial charge < -0.3 is 4.57 Å². The third kappa shape index (κ3) is 2.82. The van der Waals surface area contributed by atoms with Crippen molar-refractivity contribution in [1.82, 2.24) is 14.8 Å². The second kappa shape index (κ2) is 6.05. The third-order valence-electron chi connectivity index (χ3n) is 3.20. The van der Waals surface area contributed by atoms with Gasteiger partial charge in [0.1, 0.15) is 19.3 Å². The molecule has 1 heterocycles. The van der Waals surface area contributed by atoms with Crippen molar-refractivity contribution in [1.29, 1.82) is 0 Å². The van der Waals surface area contributed by atoms with Gasteiger partial charge in [-0.3, -0.25) is 9.69 Å². The Morgan fingerprint density at radius 3 is 2.55 bits per heavy atom. The molecule has 0 fully saturated rings. The Bertz CT molecular complexity index is 610. The maximum atomic E-state index is 12.0. The molecule has 0 unspecified atom stereocenters. The van der Waals surface area contributed by atoms with Crippen LogP contribution in [-0.4, -0.2) is 20.7 Å². The third-order valence-corrected chi connectivity index (χ3v) is 3.56. The Balaban J connectivity index is 2.49. The Hall–Kier alpha value is -1.88. The van der Waals surface area contributed by atoms with E-state index in [-0.39, 0.29) is 5.91 Å². The van der Waals surface area contributed by atoms with E-state index >= 15 is 0 Å². The Labute approximate surface area is 123 Å². The molecule has 0 aliphatic heterocycles. The minimum Gasteiger partial charge on any atom is -0.301 e. The van der Waals surface area contributed by atoms with Crippen molar-refractivity contribution >= 4 is 23.2 Å². The van der Waals surface area contributed by atoms with Crippen LogP contribution in [0.25, 0.3) is 0 Å². The lowest BCUT2D eigenvalue weighted by Crippen LogP contribution is -2.32. The van der Waals surface area contributed by atoms with E-state index in [1.54, 1.807) is 29.0 Å². The van der Waals surface area contributed by atoms with E-state index in [0.29, 0.717) is 11.7 Å². The van der Waals surface area contributed by atoms with Crippen LogP contribution in [0.2, 0.25) is 5.02 Å². The van der Waals surface area contributed by atoms with Crippen molar-refractivity contribution in [2.24, 2.45) is 0 Å². The van der Waals surface area contributed by atoms with Crippen LogP contribution in [0.1, 0.15) is 25.0 Å². The monoisotopic (exact) mass is 292 g/mol. The zero-order chi connectivity index (χ0) is 14.7. The molecule has 0 aliphatic rings. The minimum absolute atomic E-state index is 0.0428. The van der Waals surface area contributed by atoms with Crippen LogP contribution in [0.5, 0.6) is 0 Å². The Morgan fingerprint density at radius 1 is 1.35 bits per heavy atom. The Kier molecular flexibility index (Phi) is 4.39. The van der Waals surface area contributed by atoms with Crippen LogP contribution in [0.3, 0.4) is 0 Å². The number of rotatable bonds is 4. The highest BCUT2D eigenvalue weighted by Crippen LogP contribution is 2.32. The largest absolute Gasteiger partial charge is 0.301 e. The second-order valence-corrected chi connectivity index (χ2v) is 5.02. The maximum Gasteiger partial charge on any atom is 0.225 e. The van der Waals surface area contributed by atoms with Gasteiger partial charge in [0.05, 0.1) is 5.69 Å². The van der Waals surface area contributed by atoms with Crippen molar-refractivity contribution in [3.8, 4) is 0 Å². The van der Waals surface area contributed by atoms with Crippen molar-refractivity contribution in [3.05, 3.63) is 40.9 Å². The Morgan fingerprint density at radius 2 is 2.00 bits per heavy atom. The van der Waals surface area contributed by atoms with Crippen molar-refractivity contribution in [2.75, 3.05) is 4.90 Å². The molecular weight excluding hydrogens is 276 g/mol. The summed E-state index contributed by atoms with van der Waals surface area (Å²) in [6.07, 6.45) is 3.94. The van der Waals surface area contributed by atoms with Gasteiger partial charge in [-0.25, -0.2) is 0 Å². The molecule has 0 saturated heterocycles. The number of carbonyl (C=O) groups is 1. The van der Waals surface area contributed by atoms with E-state index < -0.39 is 0 Å². The molecule has 1 amide bonds. The summed E-state index contributed by atoms with van der Waals surface area (Å²) >= 11 is 6.26. The number of amides is 1. The molecular formula is C14H17ClN4O. The van der Waals surface area contributed by atoms with E-state index in [1.165, 1.54) is 0 Å². The molecule has 1 aromatic heterocycles. The van der Waals surface area contributed by atoms with E-state index in [9.17, 15) is 4.79 Å². The van der Waals surface area contributed by atoms with Gasteiger partial charge in [0, 0.05) is 11.9 Å². The number of aromatic nitrogens is 3. The molecule has 0 bridgehead atoms. The van der Waals surface area contributed by atoms with Crippen molar-refractivity contribution in [3.63, 3.8) is 0 Å². The summed E-state index contributed by atoms with van der Waals surface area (Å²) in [5.74, 6) is -0.0428. The zero-order valence-electron chi connectivity index (χ0n) is 11.8. The lowest BCUT2D eigenvalue weighted by atomic mass is 10.0. The fourth-order valence-electron chi connectivity index (χ4n) is 2.23. The highest BCUT2D eigenvalue weighted by molar-refractivity contribution is 6.32. The van der Waals surface area contributed by atoms with Crippen molar-refractivity contribution in [2.45, 2.75) is 33.9 Å². The van der Waals surface area contributed by atoms with Gasteiger partial charge in [0.15, 0.2) is 0 Å². The SMILES string of the molecule is CCc1c(Cl)ccc(C)c1N(Cn1cnnc1)C(C)=O. The first kappa shape index (κ1) is 14.5. The van der Waals surface area contributed by atoms with Crippen LogP contribution >= 0.6 is 11.6 Å². The van der Waals surface area contributed by atoms with Gasteiger partial charge >= 0.3 is 0 Å². The summed E-state index contributed by atoms with van der Waals surface area (Å²) in [5, 5.41) is 8.20. The highest BCUT2D eigenvalue weighted by Gasteiger charge is 2.19. The van der Waals surface area contributed by atoms with Crippen molar-refractivity contribution < 1.29 is 4.79 Å². The number of benzene rings is 1. The fourth-order valence-corrected chi connectivity index (χ4v) is 2.51. The van der Waals surface area contributed by atoms with Gasteiger partial charge in [0.25, 0.3) is 0 Å². The molecule has 2 rings (SSSR count). The zero-order valence-corrected chi connectivity index (χ0v) is 12.6.